The van der Waals surface area contributed by atoms with Gasteiger partial charge < -0.3 is 10.1 Å². The van der Waals surface area contributed by atoms with Crippen molar-refractivity contribution in [2.24, 2.45) is 0 Å². The second-order valence-electron chi connectivity index (χ2n) is 4.57. The Morgan fingerprint density at radius 3 is 2.81 bits per heavy atom. The molecule has 0 unspecified atom stereocenters. The highest BCUT2D eigenvalue weighted by Crippen LogP contribution is 2.34. The number of nitrogens with one attached hydrogen (secondary N) is 1. The summed E-state index contributed by atoms with van der Waals surface area (Å²) in [6, 6.07) is 5.87. The number of hydrogen-bond donors (Lipinski definition) is 1. The molecule has 0 fully saturated rings. The van der Waals surface area contributed by atoms with Gasteiger partial charge in [-0.15, -0.1) is 11.3 Å². The number of benzene rings is 1. The fourth-order valence-electron chi connectivity index (χ4n) is 2.20. The van der Waals surface area contributed by atoms with Gasteiger partial charge in [-0.25, -0.2) is 0 Å². The number of fused-ring (bicyclic) bond motifs is 1. The van der Waals surface area contributed by atoms with E-state index >= 15 is 0 Å². The van der Waals surface area contributed by atoms with Crippen LogP contribution in [0.15, 0.2) is 30.9 Å². The number of halogens is 3. The minimum absolute atomic E-state index is 0.0851. The van der Waals surface area contributed by atoms with E-state index < -0.39 is 0 Å². The Morgan fingerprint density at radius 2 is 2.10 bits per heavy atom. The molecular formula is C14H10Br3NO2S. The molecule has 1 aromatic heterocycles. The molecule has 1 N–H and O–H groups in total. The van der Waals surface area contributed by atoms with E-state index in [1.807, 2.05) is 12.1 Å². The lowest BCUT2D eigenvalue weighted by Gasteiger charge is -2.10. The molecule has 0 bridgehead atoms. The second-order valence-corrected chi connectivity index (χ2v) is 8.71. The maximum absolute atomic E-state index is 12.2. The van der Waals surface area contributed by atoms with E-state index in [0.717, 1.165) is 30.5 Å². The van der Waals surface area contributed by atoms with Gasteiger partial charge in [0.15, 0.2) is 0 Å². The molecule has 1 amide bonds. The lowest BCUT2D eigenvalue weighted by atomic mass is 10.1. The van der Waals surface area contributed by atoms with Crippen LogP contribution < -0.4 is 10.1 Å². The molecule has 0 saturated heterocycles. The normalized spacial score (nSPS) is 12.9. The van der Waals surface area contributed by atoms with Crippen molar-refractivity contribution >= 4 is 65.0 Å². The van der Waals surface area contributed by atoms with E-state index in [1.54, 1.807) is 0 Å². The summed E-state index contributed by atoms with van der Waals surface area (Å²) < 4.78 is 8.48. The van der Waals surface area contributed by atoms with Crippen molar-refractivity contribution in [3.05, 3.63) is 46.9 Å². The molecule has 0 saturated carbocycles. The Labute approximate surface area is 151 Å². The van der Waals surface area contributed by atoms with Gasteiger partial charge in [0.1, 0.15) is 5.75 Å². The minimum Gasteiger partial charge on any atom is -0.493 e. The summed E-state index contributed by atoms with van der Waals surface area (Å²) >= 11 is 11.7. The smallest absolute Gasteiger partial charge is 0.261 e. The van der Waals surface area contributed by atoms with Crippen LogP contribution in [0.25, 0.3) is 0 Å². The summed E-state index contributed by atoms with van der Waals surface area (Å²) in [6.07, 6.45) is 0.917. The van der Waals surface area contributed by atoms with Gasteiger partial charge in [0.2, 0.25) is 0 Å². The quantitative estimate of drug-likeness (QED) is 0.657. The Kier molecular flexibility index (Phi) is 4.73. The van der Waals surface area contributed by atoms with Crippen LogP contribution in [0.4, 0.5) is 0 Å². The molecule has 1 aliphatic heterocycles. The van der Waals surface area contributed by atoms with E-state index in [0.29, 0.717) is 18.0 Å². The number of ether oxygens (including phenoxy) is 1. The Balaban J connectivity index is 1.75. The fourth-order valence-corrected chi connectivity index (χ4v) is 4.70. The van der Waals surface area contributed by atoms with Crippen LogP contribution in [-0.2, 0) is 13.0 Å². The molecule has 3 nitrogen and oxygen atoms in total. The largest absolute Gasteiger partial charge is 0.493 e. The third kappa shape index (κ3) is 3.36. The molecule has 3 rings (SSSR count). The predicted molar refractivity (Wildman–Crippen MR) is 94.2 cm³/mol. The van der Waals surface area contributed by atoms with Crippen LogP contribution in [0.2, 0.25) is 0 Å². The van der Waals surface area contributed by atoms with Crippen molar-refractivity contribution in [1.29, 1.82) is 0 Å². The number of carbonyl (C=O) groups excluding carboxylic acids is 1. The number of thiophene rings is 1. The number of hydrogen-bond acceptors (Lipinski definition) is 3. The minimum atomic E-state index is -0.0851. The number of amides is 1. The Hall–Kier alpha value is -0.370. The lowest BCUT2D eigenvalue weighted by molar-refractivity contribution is 0.0954. The Bertz CT molecular complexity index is 695. The van der Waals surface area contributed by atoms with E-state index in [4.69, 9.17) is 4.74 Å². The number of carbonyl (C=O) groups is 1. The van der Waals surface area contributed by atoms with E-state index in [9.17, 15) is 4.79 Å². The highest BCUT2D eigenvalue weighted by Gasteiger charge is 2.18. The summed E-state index contributed by atoms with van der Waals surface area (Å²) in [5.41, 5.74) is 2.19. The van der Waals surface area contributed by atoms with Gasteiger partial charge in [-0.2, -0.15) is 0 Å². The standard InChI is InChI=1S/C14H10Br3NO2S/c15-9-3-7-1-2-20-12(7)8(4-9)6-18-14(19)11-5-10(16)13(17)21-11/h3-5H,1-2,6H2,(H,18,19). The molecule has 21 heavy (non-hydrogen) atoms. The monoisotopic (exact) mass is 493 g/mol. The zero-order chi connectivity index (χ0) is 15.0. The van der Waals surface area contributed by atoms with Crippen LogP contribution in [0.3, 0.4) is 0 Å². The molecule has 1 aromatic carbocycles. The van der Waals surface area contributed by atoms with Gasteiger partial charge in [0.05, 0.1) is 15.3 Å². The highest BCUT2D eigenvalue weighted by atomic mass is 79.9. The first-order valence-corrected chi connectivity index (χ1v) is 9.41. The zero-order valence-electron chi connectivity index (χ0n) is 10.7. The van der Waals surface area contributed by atoms with Crippen LogP contribution in [0.5, 0.6) is 5.75 Å². The number of rotatable bonds is 3. The maximum Gasteiger partial charge on any atom is 0.261 e. The first kappa shape index (κ1) is 15.5. The summed E-state index contributed by atoms with van der Waals surface area (Å²) in [5.74, 6) is 0.824. The molecular weight excluding hydrogens is 486 g/mol. The molecule has 0 radical (unpaired) electrons. The summed E-state index contributed by atoms with van der Waals surface area (Å²) in [7, 11) is 0. The topological polar surface area (TPSA) is 38.3 Å². The van der Waals surface area contributed by atoms with E-state index in [1.165, 1.54) is 16.9 Å². The lowest BCUT2D eigenvalue weighted by Crippen LogP contribution is -2.22. The van der Waals surface area contributed by atoms with Crippen LogP contribution in [-0.4, -0.2) is 12.5 Å². The zero-order valence-corrected chi connectivity index (χ0v) is 16.3. The molecule has 0 aliphatic carbocycles. The van der Waals surface area contributed by atoms with Crippen molar-refractivity contribution in [3.63, 3.8) is 0 Å². The first-order chi connectivity index (χ1) is 10.0. The van der Waals surface area contributed by atoms with Gasteiger partial charge >= 0.3 is 0 Å². The molecule has 2 aromatic rings. The fraction of sp³-hybridized carbons (Fsp3) is 0.214. The second kappa shape index (κ2) is 6.40. The van der Waals surface area contributed by atoms with E-state index in [-0.39, 0.29) is 5.91 Å². The summed E-state index contributed by atoms with van der Waals surface area (Å²) in [6.45, 7) is 1.16. The third-order valence-electron chi connectivity index (χ3n) is 3.13. The van der Waals surface area contributed by atoms with Crippen molar-refractivity contribution in [2.75, 3.05) is 6.61 Å². The summed E-state index contributed by atoms with van der Waals surface area (Å²) in [5, 5.41) is 2.94. The van der Waals surface area contributed by atoms with Gasteiger partial charge in [0.25, 0.3) is 5.91 Å². The average molecular weight is 496 g/mol. The van der Waals surface area contributed by atoms with Gasteiger partial charge in [-0.3, -0.25) is 4.79 Å². The van der Waals surface area contributed by atoms with Crippen LogP contribution in [0, 0.1) is 0 Å². The van der Waals surface area contributed by atoms with E-state index in [2.05, 4.69) is 59.2 Å². The molecule has 2 heterocycles. The van der Waals surface area contributed by atoms with Crippen molar-refractivity contribution < 1.29 is 9.53 Å². The SMILES string of the molecule is O=C(NCc1cc(Br)cc2c1OCC2)c1cc(Br)c(Br)s1. The first-order valence-electron chi connectivity index (χ1n) is 6.21. The maximum atomic E-state index is 12.2. The molecule has 7 heteroatoms. The van der Waals surface area contributed by atoms with Crippen molar-refractivity contribution in [1.82, 2.24) is 5.32 Å². The third-order valence-corrected chi connectivity index (χ3v) is 6.85. The molecule has 1 aliphatic rings. The van der Waals surface area contributed by atoms with Crippen LogP contribution in [0.1, 0.15) is 20.8 Å². The molecule has 0 spiro atoms. The predicted octanol–water partition coefficient (Wildman–Crippen LogP) is 4.90. The molecule has 110 valence electrons. The molecule has 0 atom stereocenters. The Morgan fingerprint density at radius 1 is 1.29 bits per heavy atom. The van der Waals surface area contributed by atoms with Crippen LogP contribution >= 0.6 is 59.1 Å². The average Bonchev–Trinajstić information content (AvgIpc) is 3.03. The van der Waals surface area contributed by atoms with Crippen molar-refractivity contribution in [2.45, 2.75) is 13.0 Å². The van der Waals surface area contributed by atoms with Gasteiger partial charge in [-0.1, -0.05) is 15.9 Å². The van der Waals surface area contributed by atoms with Gasteiger partial charge in [-0.05, 0) is 55.6 Å². The summed E-state index contributed by atoms with van der Waals surface area (Å²) in [4.78, 5) is 12.8. The van der Waals surface area contributed by atoms with Crippen molar-refractivity contribution in [3.8, 4) is 5.75 Å². The van der Waals surface area contributed by atoms with Gasteiger partial charge in [0, 0.05) is 27.5 Å². The highest BCUT2D eigenvalue weighted by molar-refractivity contribution is 9.13.